The van der Waals surface area contributed by atoms with Crippen LogP contribution in [-0.4, -0.2) is 34.3 Å². The Morgan fingerprint density at radius 2 is 1.69 bits per heavy atom. The van der Waals surface area contributed by atoms with Gasteiger partial charge in [-0.3, -0.25) is 19.3 Å². The molecular weight excluding hydrogens is 210 g/mol. The van der Waals surface area contributed by atoms with E-state index in [0.29, 0.717) is 11.1 Å². The molecule has 84 valence electrons. The van der Waals surface area contributed by atoms with E-state index in [4.69, 9.17) is 5.11 Å². The fourth-order valence-corrected chi connectivity index (χ4v) is 1.65. The number of fused-ring (bicyclic) bond motifs is 1. The first-order valence-electron chi connectivity index (χ1n) is 4.78. The molecule has 2 rings (SSSR count). The van der Waals surface area contributed by atoms with Gasteiger partial charge in [-0.15, -0.1) is 0 Å². The molecule has 1 aromatic rings. The molecule has 1 aliphatic heterocycles. The van der Waals surface area contributed by atoms with Gasteiger partial charge in [0.15, 0.2) is 0 Å². The quantitative estimate of drug-likeness (QED) is 0.773. The predicted molar refractivity (Wildman–Crippen MR) is 56.2 cm³/mol. The highest BCUT2D eigenvalue weighted by Gasteiger charge is 2.34. The number of rotatable bonds is 3. The topological polar surface area (TPSA) is 74.7 Å². The molecule has 0 fully saturated rings. The summed E-state index contributed by atoms with van der Waals surface area (Å²) < 4.78 is 0. The zero-order valence-corrected chi connectivity index (χ0v) is 8.34. The van der Waals surface area contributed by atoms with E-state index in [2.05, 4.69) is 0 Å². The van der Waals surface area contributed by atoms with Crippen LogP contribution in [-0.2, 0) is 4.79 Å². The Bertz CT molecular complexity index is 451. The lowest BCUT2D eigenvalue weighted by atomic mass is 10.1. The van der Waals surface area contributed by atoms with Crippen LogP contribution >= 0.6 is 0 Å². The number of carboxylic acids is 1. The van der Waals surface area contributed by atoms with Gasteiger partial charge >= 0.3 is 5.97 Å². The van der Waals surface area contributed by atoms with Crippen molar-refractivity contribution < 1.29 is 20.9 Å². The number of aliphatic carboxylic acids is 1. The van der Waals surface area contributed by atoms with Crippen LogP contribution in [0.25, 0.3) is 0 Å². The van der Waals surface area contributed by atoms with E-state index in [1.165, 1.54) is 0 Å². The first-order valence-corrected chi connectivity index (χ1v) is 4.78. The second kappa shape index (κ2) is 3.77. The zero-order chi connectivity index (χ0) is 11.7. The molecule has 1 aliphatic rings. The summed E-state index contributed by atoms with van der Waals surface area (Å²) in [5.41, 5.74) is 0.691. The van der Waals surface area contributed by atoms with E-state index in [1.54, 1.807) is 24.3 Å². The van der Waals surface area contributed by atoms with Crippen molar-refractivity contribution in [2.75, 3.05) is 6.54 Å². The van der Waals surface area contributed by atoms with Gasteiger partial charge in [0, 0.05) is 7.97 Å². The third-order valence-corrected chi connectivity index (χ3v) is 2.43. The summed E-state index contributed by atoms with van der Waals surface area (Å²) >= 11 is 0. The van der Waals surface area contributed by atoms with Crippen LogP contribution in [0.1, 0.15) is 28.6 Å². The Hall–Kier alpha value is -2.17. The van der Waals surface area contributed by atoms with Gasteiger partial charge in [0.2, 0.25) is 0 Å². The van der Waals surface area contributed by atoms with Gasteiger partial charge in [-0.1, -0.05) is 12.1 Å². The lowest BCUT2D eigenvalue weighted by Gasteiger charge is -2.11. The fourth-order valence-electron chi connectivity index (χ4n) is 1.65. The minimum atomic E-state index is -1.03. The maximum Gasteiger partial charge on any atom is 0.305 e. The van der Waals surface area contributed by atoms with Gasteiger partial charge in [0.1, 0.15) is 0 Å². The molecule has 1 aromatic carbocycles. The zero-order valence-electron chi connectivity index (χ0n) is 8.34. The predicted octanol–water partition coefficient (Wildman–Crippen LogP) is 1.00. The summed E-state index contributed by atoms with van der Waals surface area (Å²) in [6.07, 6.45) is -0.231. The molecule has 0 unspecified atom stereocenters. The van der Waals surface area contributed by atoms with E-state index in [9.17, 15) is 14.4 Å². The van der Waals surface area contributed by atoms with E-state index >= 15 is 0 Å². The molecular formula is C11H11NO4. The van der Waals surface area contributed by atoms with Crippen molar-refractivity contribution in [3.05, 3.63) is 35.4 Å². The Balaban J connectivity index is 0.00000144. The van der Waals surface area contributed by atoms with Crippen LogP contribution in [0.5, 0.6) is 0 Å². The number of hydrogen-bond acceptors (Lipinski definition) is 3. The Kier molecular flexibility index (Phi) is 2.44. The number of carboxylic acid groups (broad SMARTS) is 1. The molecule has 2 amide bonds. The first-order chi connectivity index (χ1) is 7.61. The summed E-state index contributed by atoms with van der Waals surface area (Å²) in [5.74, 6) is -1.86. The summed E-state index contributed by atoms with van der Waals surface area (Å²) in [5, 5.41) is 8.51. The Morgan fingerprint density at radius 1 is 1.19 bits per heavy atom. The molecule has 16 heavy (non-hydrogen) atoms. The highest BCUT2D eigenvalue weighted by Crippen LogP contribution is 2.22. The average Bonchev–Trinajstić information content (AvgIpc) is 2.50. The van der Waals surface area contributed by atoms with Crippen molar-refractivity contribution >= 4 is 17.8 Å². The molecule has 0 spiro atoms. The molecule has 0 atom stereocenters. The van der Waals surface area contributed by atoms with E-state index < -0.39 is 17.8 Å². The minimum Gasteiger partial charge on any atom is -0.481 e. The van der Waals surface area contributed by atoms with Crippen LogP contribution in [0, 0.1) is 0 Å². The third kappa shape index (κ3) is 1.56. The van der Waals surface area contributed by atoms with Crippen molar-refractivity contribution in [3.8, 4) is 0 Å². The molecule has 5 nitrogen and oxygen atoms in total. The van der Waals surface area contributed by atoms with Crippen LogP contribution in [0.2, 0.25) is 0 Å². The summed E-state index contributed by atoms with van der Waals surface area (Å²) in [4.78, 5) is 34.8. The number of benzene rings is 1. The first kappa shape index (κ1) is 10.4. The second-order valence-electron chi connectivity index (χ2n) is 3.45. The van der Waals surface area contributed by atoms with Gasteiger partial charge < -0.3 is 5.11 Å². The van der Waals surface area contributed by atoms with Crippen LogP contribution in [0.4, 0.5) is 0 Å². The van der Waals surface area contributed by atoms with Gasteiger partial charge in [-0.2, -0.15) is 0 Å². The van der Waals surface area contributed by atoms with Crippen LogP contribution in [0.3, 0.4) is 0 Å². The largest absolute Gasteiger partial charge is 0.481 e. The number of carbonyl (C=O) groups is 3. The lowest BCUT2D eigenvalue weighted by molar-refractivity contribution is -0.137. The Labute approximate surface area is 92.8 Å². The summed E-state index contributed by atoms with van der Waals surface area (Å²) in [6, 6.07) is 6.47. The SMILES string of the molecule is O=C(O)CCN1C(=O)c2ccccc2C1=O.[HH]. The maximum absolute atomic E-state index is 11.7. The van der Waals surface area contributed by atoms with Crippen molar-refractivity contribution in [2.45, 2.75) is 6.42 Å². The molecule has 0 aliphatic carbocycles. The third-order valence-electron chi connectivity index (χ3n) is 2.43. The van der Waals surface area contributed by atoms with E-state index in [1.807, 2.05) is 0 Å². The smallest absolute Gasteiger partial charge is 0.305 e. The standard InChI is InChI=1S/C11H9NO4.H2/c13-9(14)5-6-12-10(15)7-3-1-2-4-8(7)11(12)16;/h1-4H,5-6H2,(H,13,14);1H. The lowest BCUT2D eigenvalue weighted by Crippen LogP contribution is -2.31. The monoisotopic (exact) mass is 221 g/mol. The number of carbonyl (C=O) groups excluding carboxylic acids is 2. The number of nitrogens with zero attached hydrogens (tertiary/aromatic N) is 1. The van der Waals surface area contributed by atoms with Crippen molar-refractivity contribution in [1.29, 1.82) is 0 Å². The molecule has 0 radical (unpaired) electrons. The molecule has 5 heteroatoms. The summed E-state index contributed by atoms with van der Waals surface area (Å²) in [6.45, 7) is -0.0817. The van der Waals surface area contributed by atoms with Gasteiger partial charge in [-0.25, -0.2) is 0 Å². The number of hydrogen-bond donors (Lipinski definition) is 1. The number of imide groups is 1. The summed E-state index contributed by atoms with van der Waals surface area (Å²) in [7, 11) is 0. The molecule has 0 aromatic heterocycles. The van der Waals surface area contributed by atoms with Gasteiger partial charge in [0.25, 0.3) is 11.8 Å². The maximum atomic E-state index is 11.7. The average molecular weight is 221 g/mol. The normalized spacial score (nSPS) is 14.1. The second-order valence-corrected chi connectivity index (χ2v) is 3.45. The minimum absolute atomic E-state index is 0. The van der Waals surface area contributed by atoms with Crippen molar-refractivity contribution in [1.82, 2.24) is 4.90 Å². The van der Waals surface area contributed by atoms with E-state index in [-0.39, 0.29) is 14.4 Å². The fraction of sp³-hybridized carbons (Fsp3) is 0.182. The highest BCUT2D eigenvalue weighted by atomic mass is 16.4. The van der Waals surface area contributed by atoms with Crippen molar-refractivity contribution in [2.24, 2.45) is 0 Å². The van der Waals surface area contributed by atoms with Crippen LogP contribution in [0.15, 0.2) is 24.3 Å². The molecule has 0 bridgehead atoms. The molecule has 1 heterocycles. The highest BCUT2D eigenvalue weighted by molar-refractivity contribution is 6.21. The molecule has 0 saturated carbocycles. The van der Waals surface area contributed by atoms with Crippen LogP contribution < -0.4 is 0 Å². The molecule has 0 saturated heterocycles. The molecule has 1 N–H and O–H groups in total. The Morgan fingerprint density at radius 3 is 2.12 bits per heavy atom. The number of amides is 2. The van der Waals surface area contributed by atoms with Gasteiger partial charge in [-0.05, 0) is 12.1 Å². The van der Waals surface area contributed by atoms with Gasteiger partial charge in [0.05, 0.1) is 17.5 Å². The van der Waals surface area contributed by atoms with Crippen molar-refractivity contribution in [3.63, 3.8) is 0 Å². The van der Waals surface area contributed by atoms with E-state index in [0.717, 1.165) is 4.90 Å².